The van der Waals surface area contributed by atoms with Gasteiger partial charge in [-0.3, -0.25) is 0 Å². The van der Waals surface area contributed by atoms with Gasteiger partial charge in [-0.05, 0) is 19.1 Å². The topological polar surface area (TPSA) is 38.7 Å². The number of nitrogens with zero attached hydrogens (tertiary/aromatic N) is 3. The van der Waals surface area contributed by atoms with Crippen LogP contribution in [0.25, 0.3) is 11.5 Å². The second-order valence-electron chi connectivity index (χ2n) is 3.14. The molecule has 0 aliphatic rings. The largest absolute Gasteiger partial charge is 0.250 e. The van der Waals surface area contributed by atoms with Gasteiger partial charge in [0.05, 0.1) is 10.0 Å². The minimum Gasteiger partial charge on any atom is -0.250 e. The number of hydrogen-bond acceptors (Lipinski definition) is 3. The van der Waals surface area contributed by atoms with E-state index in [2.05, 4.69) is 15.0 Å². The molecule has 2 heterocycles. The van der Waals surface area contributed by atoms with Crippen molar-refractivity contribution in [2.75, 3.05) is 0 Å². The molecule has 0 amide bonds. The van der Waals surface area contributed by atoms with Crippen LogP contribution in [0.4, 0.5) is 0 Å². The van der Waals surface area contributed by atoms with Crippen LogP contribution in [-0.4, -0.2) is 15.0 Å². The van der Waals surface area contributed by atoms with Crippen molar-refractivity contribution >= 4 is 34.8 Å². The minimum absolute atomic E-state index is 0.357. The first-order valence-electron chi connectivity index (χ1n) is 4.39. The third-order valence-corrected chi connectivity index (χ3v) is 2.53. The van der Waals surface area contributed by atoms with Crippen molar-refractivity contribution in [2.24, 2.45) is 0 Å². The molecule has 6 heteroatoms. The van der Waals surface area contributed by atoms with Crippen LogP contribution >= 0.6 is 34.8 Å². The van der Waals surface area contributed by atoms with Gasteiger partial charge in [-0.15, -0.1) is 0 Å². The Labute approximate surface area is 107 Å². The van der Waals surface area contributed by atoms with Crippen LogP contribution < -0.4 is 0 Å². The van der Waals surface area contributed by atoms with Gasteiger partial charge in [0.1, 0.15) is 10.8 Å². The van der Waals surface area contributed by atoms with Crippen LogP contribution in [0, 0.1) is 6.92 Å². The Morgan fingerprint density at radius 2 is 1.81 bits per heavy atom. The van der Waals surface area contributed by atoms with Crippen molar-refractivity contribution in [2.45, 2.75) is 6.92 Å². The fourth-order valence-corrected chi connectivity index (χ4v) is 1.92. The molecule has 0 radical (unpaired) electrons. The normalized spacial score (nSPS) is 10.5. The molecule has 0 saturated heterocycles. The zero-order valence-corrected chi connectivity index (χ0v) is 10.5. The Morgan fingerprint density at radius 1 is 1.06 bits per heavy atom. The van der Waals surface area contributed by atoms with Gasteiger partial charge in [0.15, 0.2) is 5.82 Å². The van der Waals surface area contributed by atoms with Crippen molar-refractivity contribution in [3.8, 4) is 11.5 Å². The van der Waals surface area contributed by atoms with Crippen LogP contribution in [0.1, 0.15) is 5.69 Å². The summed E-state index contributed by atoms with van der Waals surface area (Å²) in [6.07, 6.45) is 1.49. The number of pyridine rings is 1. The molecule has 16 heavy (non-hydrogen) atoms. The minimum atomic E-state index is 0.357. The van der Waals surface area contributed by atoms with E-state index in [-0.39, 0.29) is 0 Å². The van der Waals surface area contributed by atoms with Crippen molar-refractivity contribution < 1.29 is 0 Å². The number of aryl methyl sites for hydroxylation is 1. The van der Waals surface area contributed by atoms with E-state index < -0.39 is 0 Å². The molecule has 0 atom stereocenters. The zero-order chi connectivity index (χ0) is 11.7. The van der Waals surface area contributed by atoms with Crippen molar-refractivity contribution in [1.82, 2.24) is 15.0 Å². The summed E-state index contributed by atoms with van der Waals surface area (Å²) in [5.41, 5.74) is 1.22. The molecule has 0 aromatic carbocycles. The van der Waals surface area contributed by atoms with Gasteiger partial charge in [-0.1, -0.05) is 34.8 Å². The summed E-state index contributed by atoms with van der Waals surface area (Å²) >= 11 is 17.6. The van der Waals surface area contributed by atoms with Crippen LogP contribution in [0.15, 0.2) is 18.3 Å². The Hall–Kier alpha value is -0.900. The summed E-state index contributed by atoms with van der Waals surface area (Å²) in [5.74, 6) is 0.395. The Balaban J connectivity index is 2.58. The molecule has 0 unspecified atom stereocenters. The summed E-state index contributed by atoms with van der Waals surface area (Å²) in [6.45, 7) is 1.82. The highest BCUT2D eigenvalue weighted by atomic mass is 35.5. The quantitative estimate of drug-likeness (QED) is 0.742. The third-order valence-electron chi connectivity index (χ3n) is 1.84. The van der Waals surface area contributed by atoms with Crippen LogP contribution in [0.5, 0.6) is 0 Å². The lowest BCUT2D eigenvalue weighted by Crippen LogP contribution is -1.95. The van der Waals surface area contributed by atoms with Gasteiger partial charge in [0.25, 0.3) is 0 Å². The van der Waals surface area contributed by atoms with E-state index in [9.17, 15) is 0 Å². The Morgan fingerprint density at radius 3 is 2.44 bits per heavy atom. The van der Waals surface area contributed by atoms with Gasteiger partial charge in [-0.25, -0.2) is 15.0 Å². The standard InChI is InChI=1S/C10H6Cl3N3/c1-5-2-8(13)16-10(15-5)9-7(12)3-6(11)4-14-9/h2-4H,1H3. The second-order valence-corrected chi connectivity index (χ2v) is 4.37. The van der Waals surface area contributed by atoms with Gasteiger partial charge in [0.2, 0.25) is 0 Å². The summed E-state index contributed by atoms with van der Waals surface area (Å²) in [6, 6.07) is 3.25. The molecule has 0 N–H and O–H groups in total. The maximum atomic E-state index is 6.00. The number of aromatic nitrogens is 3. The van der Waals surface area contributed by atoms with Crippen LogP contribution in [-0.2, 0) is 0 Å². The first-order valence-corrected chi connectivity index (χ1v) is 5.52. The van der Waals surface area contributed by atoms with Gasteiger partial charge in [-0.2, -0.15) is 0 Å². The molecule has 0 saturated carbocycles. The first kappa shape index (κ1) is 11.6. The average Bonchev–Trinajstić information content (AvgIpc) is 2.15. The Kier molecular flexibility index (Phi) is 3.28. The predicted octanol–water partition coefficient (Wildman–Crippen LogP) is 3.81. The molecular weight excluding hydrogens is 268 g/mol. The molecule has 3 nitrogen and oxygen atoms in total. The lowest BCUT2D eigenvalue weighted by molar-refractivity contribution is 1.09. The third kappa shape index (κ3) is 2.43. The van der Waals surface area contributed by atoms with E-state index in [0.29, 0.717) is 26.7 Å². The lowest BCUT2D eigenvalue weighted by Gasteiger charge is -2.03. The fourth-order valence-electron chi connectivity index (χ4n) is 1.22. The zero-order valence-electron chi connectivity index (χ0n) is 8.21. The van der Waals surface area contributed by atoms with Gasteiger partial charge < -0.3 is 0 Å². The summed E-state index contributed by atoms with van der Waals surface area (Å²) < 4.78 is 0. The molecular formula is C10H6Cl3N3. The summed E-state index contributed by atoms with van der Waals surface area (Å²) in [5, 5.41) is 1.22. The molecule has 0 aliphatic carbocycles. The Bertz CT molecular complexity index is 523. The molecule has 2 aromatic rings. The van der Waals surface area contributed by atoms with Crippen LogP contribution in [0.2, 0.25) is 15.2 Å². The van der Waals surface area contributed by atoms with E-state index in [1.807, 2.05) is 6.92 Å². The maximum Gasteiger partial charge on any atom is 0.181 e. The molecule has 0 fully saturated rings. The summed E-state index contributed by atoms with van der Waals surface area (Å²) in [4.78, 5) is 12.4. The highest BCUT2D eigenvalue weighted by molar-refractivity contribution is 6.36. The SMILES string of the molecule is Cc1cc(Cl)nc(-c2ncc(Cl)cc2Cl)n1. The molecule has 2 rings (SSSR count). The van der Waals surface area contributed by atoms with E-state index >= 15 is 0 Å². The molecule has 0 bridgehead atoms. The molecule has 0 aliphatic heterocycles. The number of rotatable bonds is 1. The van der Waals surface area contributed by atoms with Crippen molar-refractivity contribution in [3.05, 3.63) is 39.2 Å². The monoisotopic (exact) mass is 273 g/mol. The highest BCUT2D eigenvalue weighted by Gasteiger charge is 2.10. The average molecular weight is 275 g/mol. The lowest BCUT2D eigenvalue weighted by atomic mass is 10.3. The van der Waals surface area contributed by atoms with E-state index in [1.165, 1.54) is 6.20 Å². The first-order chi connectivity index (χ1) is 7.56. The summed E-state index contributed by atoms with van der Waals surface area (Å²) in [7, 11) is 0. The van der Waals surface area contributed by atoms with Gasteiger partial charge >= 0.3 is 0 Å². The second kappa shape index (κ2) is 4.53. The van der Waals surface area contributed by atoms with E-state index in [1.54, 1.807) is 12.1 Å². The van der Waals surface area contributed by atoms with Gasteiger partial charge in [0, 0.05) is 11.9 Å². The van der Waals surface area contributed by atoms with E-state index in [0.717, 1.165) is 5.69 Å². The molecule has 0 spiro atoms. The maximum absolute atomic E-state index is 6.00. The predicted molar refractivity (Wildman–Crippen MR) is 65.0 cm³/mol. The highest BCUT2D eigenvalue weighted by Crippen LogP contribution is 2.26. The number of halogens is 3. The smallest absolute Gasteiger partial charge is 0.181 e. The van der Waals surface area contributed by atoms with E-state index in [4.69, 9.17) is 34.8 Å². The molecule has 82 valence electrons. The van der Waals surface area contributed by atoms with Crippen molar-refractivity contribution in [3.63, 3.8) is 0 Å². The van der Waals surface area contributed by atoms with Crippen molar-refractivity contribution in [1.29, 1.82) is 0 Å². The molecule has 2 aromatic heterocycles. The van der Waals surface area contributed by atoms with Crippen LogP contribution in [0.3, 0.4) is 0 Å². The number of hydrogen-bond donors (Lipinski definition) is 0. The fraction of sp³-hybridized carbons (Fsp3) is 0.100.